The van der Waals surface area contributed by atoms with Gasteiger partial charge in [-0.25, -0.2) is 4.79 Å². The van der Waals surface area contributed by atoms with Gasteiger partial charge >= 0.3 is 5.97 Å². The summed E-state index contributed by atoms with van der Waals surface area (Å²) < 4.78 is 0. The van der Waals surface area contributed by atoms with Crippen LogP contribution in [0.3, 0.4) is 0 Å². The fourth-order valence-corrected chi connectivity index (χ4v) is 2.69. The number of carbonyl (C=O) groups is 4. The molecule has 0 fully saturated rings. The molecule has 2 aromatic rings. The van der Waals surface area contributed by atoms with Crippen molar-refractivity contribution in [2.75, 3.05) is 11.9 Å². The van der Waals surface area contributed by atoms with Crippen LogP contribution in [0.15, 0.2) is 42.5 Å². The molecule has 7 nitrogen and oxygen atoms in total. The molecule has 1 aliphatic heterocycles. The van der Waals surface area contributed by atoms with Gasteiger partial charge in [0.25, 0.3) is 11.8 Å². The molecule has 0 aliphatic carbocycles. The first-order valence-electron chi connectivity index (χ1n) is 7.16. The molecule has 0 spiro atoms. The molecule has 0 aromatic heterocycles. The molecule has 126 valence electrons. The summed E-state index contributed by atoms with van der Waals surface area (Å²) in [6.45, 7) is -0.520. The average molecular weight is 359 g/mol. The maximum atomic E-state index is 12.2. The van der Waals surface area contributed by atoms with Crippen LogP contribution in [0.1, 0.15) is 31.1 Å². The fourth-order valence-electron chi connectivity index (χ4n) is 2.52. The second kappa shape index (κ2) is 6.37. The number of rotatable bonds is 4. The molecule has 25 heavy (non-hydrogen) atoms. The molecule has 0 bridgehead atoms. The van der Waals surface area contributed by atoms with Gasteiger partial charge in [-0.3, -0.25) is 19.3 Å². The van der Waals surface area contributed by atoms with Crippen LogP contribution in [0.25, 0.3) is 0 Å². The van der Waals surface area contributed by atoms with E-state index < -0.39 is 30.2 Å². The number of nitrogens with one attached hydrogen (secondary N) is 1. The van der Waals surface area contributed by atoms with Crippen molar-refractivity contribution in [2.45, 2.75) is 0 Å². The Balaban J connectivity index is 1.78. The van der Waals surface area contributed by atoms with Gasteiger partial charge in [-0.15, -0.1) is 0 Å². The Hall–Kier alpha value is -3.19. The first kappa shape index (κ1) is 16.7. The Morgan fingerprint density at radius 1 is 1.04 bits per heavy atom. The number of nitrogens with zero attached hydrogens (tertiary/aromatic N) is 1. The number of halogens is 1. The van der Waals surface area contributed by atoms with E-state index in [9.17, 15) is 19.2 Å². The Labute approximate surface area is 146 Å². The molecule has 3 amide bonds. The van der Waals surface area contributed by atoms with Crippen LogP contribution in [0.5, 0.6) is 0 Å². The normalized spacial score (nSPS) is 12.9. The lowest BCUT2D eigenvalue weighted by Gasteiger charge is -2.14. The lowest BCUT2D eigenvalue weighted by atomic mass is 10.1. The number of aromatic carboxylic acids is 1. The average Bonchev–Trinajstić information content (AvgIpc) is 2.82. The van der Waals surface area contributed by atoms with Crippen LogP contribution in [0.2, 0.25) is 5.02 Å². The summed E-state index contributed by atoms with van der Waals surface area (Å²) >= 11 is 5.75. The minimum Gasteiger partial charge on any atom is -0.478 e. The molecule has 0 atom stereocenters. The van der Waals surface area contributed by atoms with E-state index in [4.69, 9.17) is 16.7 Å². The van der Waals surface area contributed by atoms with E-state index >= 15 is 0 Å². The molecule has 0 radical (unpaired) electrons. The van der Waals surface area contributed by atoms with Crippen LogP contribution in [-0.2, 0) is 4.79 Å². The molecule has 1 heterocycles. The van der Waals surface area contributed by atoms with Crippen molar-refractivity contribution in [1.82, 2.24) is 4.90 Å². The van der Waals surface area contributed by atoms with Crippen molar-refractivity contribution in [3.8, 4) is 0 Å². The Morgan fingerprint density at radius 2 is 1.64 bits per heavy atom. The maximum Gasteiger partial charge on any atom is 0.337 e. The highest BCUT2D eigenvalue weighted by Gasteiger charge is 2.36. The third kappa shape index (κ3) is 3.09. The summed E-state index contributed by atoms with van der Waals surface area (Å²) in [5.41, 5.74) is 0.303. The van der Waals surface area contributed by atoms with E-state index in [0.29, 0.717) is 0 Å². The number of amides is 3. The highest BCUT2D eigenvalue weighted by Crippen LogP contribution is 2.23. The molecule has 0 saturated carbocycles. The predicted octanol–water partition coefficient (Wildman–Crippen LogP) is 2.27. The number of imide groups is 1. The predicted molar refractivity (Wildman–Crippen MR) is 88.9 cm³/mol. The van der Waals surface area contributed by atoms with E-state index in [1.807, 2.05) is 0 Å². The Kier molecular flexibility index (Phi) is 4.24. The number of carbonyl (C=O) groups excluding carboxylic acids is 3. The van der Waals surface area contributed by atoms with E-state index in [-0.39, 0.29) is 27.4 Å². The zero-order valence-electron chi connectivity index (χ0n) is 12.7. The summed E-state index contributed by atoms with van der Waals surface area (Å²) in [5.74, 6) is -3.09. The molecule has 2 aromatic carbocycles. The summed E-state index contributed by atoms with van der Waals surface area (Å²) in [5, 5.41) is 11.8. The van der Waals surface area contributed by atoms with Gasteiger partial charge < -0.3 is 10.4 Å². The third-order valence-electron chi connectivity index (χ3n) is 3.67. The van der Waals surface area contributed by atoms with E-state index in [0.717, 1.165) is 4.90 Å². The Bertz CT molecular complexity index is 890. The topological polar surface area (TPSA) is 104 Å². The second-order valence-electron chi connectivity index (χ2n) is 5.29. The third-order valence-corrected chi connectivity index (χ3v) is 3.90. The van der Waals surface area contributed by atoms with Crippen molar-refractivity contribution in [3.63, 3.8) is 0 Å². The minimum atomic E-state index is -1.27. The number of carboxylic acid groups (broad SMARTS) is 1. The van der Waals surface area contributed by atoms with Crippen molar-refractivity contribution < 1.29 is 24.3 Å². The zero-order valence-corrected chi connectivity index (χ0v) is 13.4. The van der Waals surface area contributed by atoms with Crippen LogP contribution in [-0.4, -0.2) is 40.2 Å². The van der Waals surface area contributed by atoms with Crippen molar-refractivity contribution in [1.29, 1.82) is 0 Å². The van der Waals surface area contributed by atoms with E-state index in [1.165, 1.54) is 30.3 Å². The molecular weight excluding hydrogens is 348 g/mol. The van der Waals surface area contributed by atoms with Crippen LogP contribution >= 0.6 is 11.6 Å². The molecule has 1 aliphatic rings. The molecule has 3 rings (SSSR count). The first-order chi connectivity index (χ1) is 11.9. The molecule has 2 N–H and O–H groups in total. The van der Waals surface area contributed by atoms with Crippen LogP contribution in [0, 0.1) is 0 Å². The quantitative estimate of drug-likeness (QED) is 0.816. The number of benzene rings is 2. The van der Waals surface area contributed by atoms with Gasteiger partial charge in [-0.1, -0.05) is 23.7 Å². The largest absolute Gasteiger partial charge is 0.478 e. The lowest BCUT2D eigenvalue weighted by Crippen LogP contribution is -2.37. The molecule has 0 unspecified atom stereocenters. The van der Waals surface area contributed by atoms with Gasteiger partial charge in [0, 0.05) is 5.02 Å². The summed E-state index contributed by atoms with van der Waals surface area (Å²) in [7, 11) is 0. The number of hydrogen-bond acceptors (Lipinski definition) is 4. The number of hydrogen-bond donors (Lipinski definition) is 2. The van der Waals surface area contributed by atoms with Gasteiger partial charge in [0.1, 0.15) is 6.54 Å². The van der Waals surface area contributed by atoms with Crippen molar-refractivity contribution in [3.05, 3.63) is 64.2 Å². The zero-order chi connectivity index (χ0) is 18.1. The van der Waals surface area contributed by atoms with Crippen molar-refractivity contribution in [2.24, 2.45) is 0 Å². The number of anilines is 1. The molecule has 8 heteroatoms. The molecular formula is C17H11ClN2O5. The first-order valence-corrected chi connectivity index (χ1v) is 7.54. The van der Waals surface area contributed by atoms with Gasteiger partial charge in [-0.2, -0.15) is 0 Å². The van der Waals surface area contributed by atoms with Crippen LogP contribution in [0.4, 0.5) is 5.69 Å². The highest BCUT2D eigenvalue weighted by molar-refractivity contribution is 6.31. The standard InChI is InChI=1S/C17H11ClN2O5/c18-9-5-6-13(12(7-9)17(24)25)19-14(21)8-20-15(22)10-3-1-2-4-11(10)16(20)23/h1-7H,8H2,(H,19,21)(H,24,25). The van der Waals surface area contributed by atoms with Gasteiger partial charge in [0.15, 0.2) is 0 Å². The summed E-state index contributed by atoms with van der Waals surface area (Å²) in [6, 6.07) is 10.2. The van der Waals surface area contributed by atoms with Gasteiger partial charge in [0.2, 0.25) is 5.91 Å². The number of carboxylic acids is 1. The van der Waals surface area contributed by atoms with Gasteiger partial charge in [0.05, 0.1) is 22.4 Å². The van der Waals surface area contributed by atoms with E-state index in [2.05, 4.69) is 5.32 Å². The SMILES string of the molecule is O=C(CN1C(=O)c2ccccc2C1=O)Nc1ccc(Cl)cc1C(=O)O. The molecule has 0 saturated heterocycles. The van der Waals surface area contributed by atoms with Gasteiger partial charge in [-0.05, 0) is 30.3 Å². The summed E-state index contributed by atoms with van der Waals surface area (Å²) in [4.78, 5) is 48.7. The number of fused-ring (bicyclic) bond motifs is 1. The second-order valence-corrected chi connectivity index (χ2v) is 5.72. The van der Waals surface area contributed by atoms with Crippen LogP contribution < -0.4 is 5.32 Å². The summed E-state index contributed by atoms with van der Waals surface area (Å²) in [6.07, 6.45) is 0. The smallest absolute Gasteiger partial charge is 0.337 e. The van der Waals surface area contributed by atoms with Crippen molar-refractivity contribution >= 4 is 41.0 Å². The Morgan fingerprint density at radius 3 is 2.20 bits per heavy atom. The fraction of sp³-hybridized carbons (Fsp3) is 0.0588. The lowest BCUT2D eigenvalue weighted by molar-refractivity contribution is -0.116. The monoisotopic (exact) mass is 358 g/mol. The maximum absolute atomic E-state index is 12.2. The minimum absolute atomic E-state index is 0.0264. The van der Waals surface area contributed by atoms with E-state index in [1.54, 1.807) is 12.1 Å². The highest BCUT2D eigenvalue weighted by atomic mass is 35.5.